The predicted octanol–water partition coefficient (Wildman–Crippen LogP) is 2.28. The van der Waals surface area contributed by atoms with Crippen LogP contribution in [0, 0.1) is 11.8 Å². The van der Waals surface area contributed by atoms with Crippen LogP contribution in [0.5, 0.6) is 0 Å². The zero-order chi connectivity index (χ0) is 11.1. The van der Waals surface area contributed by atoms with Crippen LogP contribution in [-0.4, -0.2) is 18.3 Å². The second-order valence-electron chi connectivity index (χ2n) is 2.93. The first-order valence-electron chi connectivity index (χ1n) is 4.60. The molecule has 78 valence electrons. The van der Waals surface area contributed by atoms with Gasteiger partial charge >= 0.3 is 0 Å². The molecule has 2 nitrogen and oxygen atoms in total. The van der Waals surface area contributed by atoms with Crippen molar-refractivity contribution < 1.29 is 4.79 Å². The van der Waals surface area contributed by atoms with Gasteiger partial charge in [-0.2, -0.15) is 0 Å². The highest BCUT2D eigenvalue weighted by molar-refractivity contribution is 6.19. The third-order valence-corrected chi connectivity index (χ3v) is 2.01. The van der Waals surface area contributed by atoms with E-state index < -0.39 is 0 Å². The fourth-order valence-electron chi connectivity index (χ4n) is 1.17. The topological polar surface area (TPSA) is 20.3 Å². The van der Waals surface area contributed by atoms with Crippen molar-refractivity contribution >= 4 is 23.2 Å². The number of hydrogen-bond donors (Lipinski definition) is 0. The summed E-state index contributed by atoms with van der Waals surface area (Å²) in [6, 6.07) is 9.44. The van der Waals surface area contributed by atoms with Gasteiger partial charge in [-0.3, -0.25) is 4.79 Å². The highest BCUT2D eigenvalue weighted by atomic mass is 35.5. The summed E-state index contributed by atoms with van der Waals surface area (Å²) in [5.74, 6) is 5.83. The Labute approximate surface area is 94.8 Å². The van der Waals surface area contributed by atoms with E-state index in [4.69, 9.17) is 11.6 Å². The van der Waals surface area contributed by atoms with Gasteiger partial charge in [0.2, 0.25) is 5.91 Å². The summed E-state index contributed by atoms with van der Waals surface area (Å²) < 4.78 is 0. The summed E-state index contributed by atoms with van der Waals surface area (Å²) in [4.78, 5) is 13.0. The average molecular weight is 222 g/mol. The number of carbonyl (C=O) groups is 1. The summed E-state index contributed by atoms with van der Waals surface area (Å²) in [5.41, 5.74) is 0.855. The van der Waals surface area contributed by atoms with E-state index in [0.29, 0.717) is 12.4 Å². The maximum absolute atomic E-state index is 11.4. The molecule has 0 aliphatic heterocycles. The molecule has 1 amide bonds. The van der Waals surface area contributed by atoms with E-state index in [1.165, 1.54) is 6.92 Å². The van der Waals surface area contributed by atoms with Gasteiger partial charge in [0.15, 0.2) is 0 Å². The van der Waals surface area contributed by atoms with E-state index in [9.17, 15) is 4.79 Å². The van der Waals surface area contributed by atoms with Crippen molar-refractivity contribution in [3.05, 3.63) is 30.3 Å². The fraction of sp³-hybridized carbons (Fsp3) is 0.250. The molecule has 0 spiro atoms. The Kier molecular flexibility index (Phi) is 4.73. The number of alkyl halides is 1. The second kappa shape index (κ2) is 6.10. The molecule has 0 heterocycles. The van der Waals surface area contributed by atoms with Crippen molar-refractivity contribution in [1.29, 1.82) is 0 Å². The van der Waals surface area contributed by atoms with Crippen LogP contribution >= 0.6 is 11.6 Å². The van der Waals surface area contributed by atoms with E-state index in [1.807, 2.05) is 30.3 Å². The van der Waals surface area contributed by atoms with Crippen molar-refractivity contribution in [1.82, 2.24) is 0 Å². The number of carbonyl (C=O) groups excluding carboxylic acids is 1. The number of hydrogen-bond acceptors (Lipinski definition) is 1. The molecule has 0 N–H and O–H groups in total. The Balaban J connectivity index is 2.80. The van der Waals surface area contributed by atoms with Crippen LogP contribution in [0.25, 0.3) is 0 Å². The van der Waals surface area contributed by atoms with Gasteiger partial charge in [-0.15, -0.1) is 11.6 Å². The smallest absolute Gasteiger partial charge is 0.224 e. The van der Waals surface area contributed by atoms with Crippen LogP contribution in [0.2, 0.25) is 0 Å². The average Bonchev–Trinajstić information content (AvgIpc) is 2.25. The minimum atomic E-state index is -0.0231. The highest BCUT2D eigenvalue weighted by Gasteiger charge is 2.08. The third kappa shape index (κ3) is 3.65. The van der Waals surface area contributed by atoms with Crippen LogP contribution in [0.3, 0.4) is 0 Å². The van der Waals surface area contributed by atoms with Crippen molar-refractivity contribution in [2.45, 2.75) is 6.92 Å². The van der Waals surface area contributed by atoms with Gasteiger partial charge in [0.1, 0.15) is 0 Å². The van der Waals surface area contributed by atoms with Crippen LogP contribution in [0.4, 0.5) is 5.69 Å². The normalized spacial score (nSPS) is 8.93. The molecule has 1 rings (SSSR count). The van der Waals surface area contributed by atoms with Crippen molar-refractivity contribution in [3.63, 3.8) is 0 Å². The van der Waals surface area contributed by atoms with E-state index in [1.54, 1.807) is 4.90 Å². The number of para-hydroxylation sites is 1. The van der Waals surface area contributed by atoms with E-state index >= 15 is 0 Å². The van der Waals surface area contributed by atoms with E-state index in [0.717, 1.165) is 5.69 Å². The van der Waals surface area contributed by atoms with Gasteiger partial charge in [-0.25, -0.2) is 0 Å². The molecular formula is C12H12ClNO. The molecule has 0 saturated heterocycles. The number of amides is 1. The van der Waals surface area contributed by atoms with E-state index in [-0.39, 0.29) is 5.91 Å². The molecule has 0 atom stereocenters. The lowest BCUT2D eigenvalue weighted by molar-refractivity contribution is -0.116. The van der Waals surface area contributed by atoms with E-state index in [2.05, 4.69) is 11.8 Å². The summed E-state index contributed by atoms with van der Waals surface area (Å²) in [6.45, 7) is 1.90. The Morgan fingerprint density at radius 1 is 1.33 bits per heavy atom. The molecule has 0 bridgehead atoms. The zero-order valence-electron chi connectivity index (χ0n) is 8.53. The molecule has 15 heavy (non-hydrogen) atoms. The number of nitrogens with zero attached hydrogens (tertiary/aromatic N) is 1. The van der Waals surface area contributed by atoms with Crippen molar-refractivity contribution in [2.24, 2.45) is 0 Å². The molecular weight excluding hydrogens is 210 g/mol. The molecule has 0 radical (unpaired) electrons. The lowest BCUT2D eigenvalue weighted by Gasteiger charge is -2.17. The SMILES string of the molecule is CC(=O)N(CC#CCCl)c1ccccc1. The van der Waals surface area contributed by atoms with Gasteiger partial charge in [-0.1, -0.05) is 30.0 Å². The maximum Gasteiger partial charge on any atom is 0.224 e. The lowest BCUT2D eigenvalue weighted by atomic mass is 10.3. The number of halogens is 1. The van der Waals surface area contributed by atoms with Gasteiger partial charge in [0.05, 0.1) is 12.4 Å². The monoisotopic (exact) mass is 221 g/mol. The zero-order valence-corrected chi connectivity index (χ0v) is 9.29. The molecule has 0 aromatic heterocycles. The molecule has 1 aromatic carbocycles. The standard InChI is InChI=1S/C12H12ClNO/c1-11(15)14(10-6-5-9-13)12-7-3-2-4-8-12/h2-4,7-8H,9-10H2,1H3. The second-order valence-corrected chi connectivity index (χ2v) is 3.20. The first kappa shape index (κ1) is 11.6. The van der Waals surface area contributed by atoms with Gasteiger partial charge in [0, 0.05) is 12.6 Å². The summed E-state index contributed by atoms with van der Waals surface area (Å²) in [7, 11) is 0. The fourth-order valence-corrected chi connectivity index (χ4v) is 1.27. The van der Waals surface area contributed by atoms with Crippen molar-refractivity contribution in [3.8, 4) is 11.8 Å². The first-order valence-corrected chi connectivity index (χ1v) is 5.14. The molecule has 0 unspecified atom stereocenters. The maximum atomic E-state index is 11.4. The number of benzene rings is 1. The van der Waals surface area contributed by atoms with Crippen molar-refractivity contribution in [2.75, 3.05) is 17.3 Å². The molecule has 3 heteroatoms. The Hall–Kier alpha value is -1.46. The molecule has 0 saturated carbocycles. The van der Waals surface area contributed by atoms with Crippen LogP contribution in [0.1, 0.15) is 6.92 Å². The molecule has 1 aromatic rings. The summed E-state index contributed by atoms with van der Waals surface area (Å²) in [5, 5.41) is 0. The van der Waals surface area contributed by atoms with Crippen LogP contribution in [0.15, 0.2) is 30.3 Å². The highest BCUT2D eigenvalue weighted by Crippen LogP contribution is 2.12. The van der Waals surface area contributed by atoms with Gasteiger partial charge in [-0.05, 0) is 12.1 Å². The predicted molar refractivity (Wildman–Crippen MR) is 63.0 cm³/mol. The van der Waals surface area contributed by atoms with Gasteiger partial charge < -0.3 is 4.90 Å². The number of rotatable bonds is 2. The van der Waals surface area contributed by atoms with Gasteiger partial charge in [0.25, 0.3) is 0 Å². The largest absolute Gasteiger partial charge is 0.301 e. The summed E-state index contributed by atoms with van der Waals surface area (Å²) in [6.07, 6.45) is 0. The Morgan fingerprint density at radius 3 is 2.53 bits per heavy atom. The number of anilines is 1. The van der Waals surface area contributed by atoms with Crippen LogP contribution in [-0.2, 0) is 4.79 Å². The lowest BCUT2D eigenvalue weighted by Crippen LogP contribution is -2.28. The molecule has 0 aliphatic carbocycles. The molecule has 0 aliphatic rings. The summed E-state index contributed by atoms with van der Waals surface area (Å²) >= 11 is 5.43. The molecule has 0 fully saturated rings. The van der Waals surface area contributed by atoms with Crippen LogP contribution < -0.4 is 4.90 Å². The minimum absolute atomic E-state index is 0.0231. The first-order chi connectivity index (χ1) is 7.25. The minimum Gasteiger partial charge on any atom is -0.301 e. The third-order valence-electron chi connectivity index (χ3n) is 1.88. The quantitative estimate of drug-likeness (QED) is 0.554. The Bertz CT molecular complexity index is 378. The Morgan fingerprint density at radius 2 is 2.00 bits per heavy atom.